The molecule has 1 aromatic carbocycles. The van der Waals surface area contributed by atoms with Crippen molar-refractivity contribution in [1.82, 2.24) is 0 Å². The standard InChI is InChI=1S/C11H14.C2H6/c1-4-9(2)11-8-6-5-7-10(11)3;1-2/h4-8H,1-3H3;1-2H3/b9-4+;. The molecule has 0 fully saturated rings. The fourth-order valence-corrected chi connectivity index (χ4v) is 1.17. The molecule has 72 valence electrons. The Kier molecular flexibility index (Phi) is 5.96. The third-order valence-electron chi connectivity index (χ3n) is 2.00. The Balaban J connectivity index is 0.000000671. The number of benzene rings is 1. The summed E-state index contributed by atoms with van der Waals surface area (Å²) in [6, 6.07) is 8.45. The van der Waals surface area contributed by atoms with E-state index in [1.807, 2.05) is 13.8 Å². The molecule has 0 radical (unpaired) electrons. The van der Waals surface area contributed by atoms with Gasteiger partial charge in [-0.3, -0.25) is 0 Å². The molecule has 0 aromatic heterocycles. The van der Waals surface area contributed by atoms with E-state index in [0.717, 1.165) is 0 Å². The first kappa shape index (κ1) is 12.0. The van der Waals surface area contributed by atoms with Gasteiger partial charge in [-0.15, -0.1) is 0 Å². The van der Waals surface area contributed by atoms with E-state index in [9.17, 15) is 0 Å². The van der Waals surface area contributed by atoms with Crippen LogP contribution in [-0.4, -0.2) is 0 Å². The zero-order valence-electron chi connectivity index (χ0n) is 9.39. The lowest BCUT2D eigenvalue weighted by molar-refractivity contribution is 1.40. The maximum absolute atomic E-state index is 2.16. The van der Waals surface area contributed by atoms with Crippen molar-refractivity contribution in [2.45, 2.75) is 34.6 Å². The van der Waals surface area contributed by atoms with Crippen LogP contribution in [0.2, 0.25) is 0 Å². The van der Waals surface area contributed by atoms with Gasteiger partial charge in [0.1, 0.15) is 0 Å². The Morgan fingerprint density at radius 2 is 1.69 bits per heavy atom. The first-order chi connectivity index (χ1) is 6.25. The number of rotatable bonds is 1. The van der Waals surface area contributed by atoms with Crippen molar-refractivity contribution < 1.29 is 0 Å². The van der Waals surface area contributed by atoms with Crippen molar-refractivity contribution in [3.8, 4) is 0 Å². The van der Waals surface area contributed by atoms with E-state index in [4.69, 9.17) is 0 Å². The van der Waals surface area contributed by atoms with Crippen LogP contribution in [0.4, 0.5) is 0 Å². The minimum absolute atomic E-state index is 1.35. The SMILES string of the molecule is C/C=C(\C)c1ccccc1C.CC. The van der Waals surface area contributed by atoms with Crippen LogP contribution < -0.4 is 0 Å². The van der Waals surface area contributed by atoms with Crippen LogP contribution in [0.25, 0.3) is 5.57 Å². The van der Waals surface area contributed by atoms with E-state index in [2.05, 4.69) is 51.1 Å². The van der Waals surface area contributed by atoms with Gasteiger partial charge in [-0.1, -0.05) is 44.2 Å². The maximum Gasteiger partial charge on any atom is -0.0201 e. The zero-order chi connectivity index (χ0) is 10.3. The monoisotopic (exact) mass is 176 g/mol. The first-order valence-corrected chi connectivity index (χ1v) is 4.94. The second-order valence-electron chi connectivity index (χ2n) is 2.79. The van der Waals surface area contributed by atoms with Gasteiger partial charge in [-0.05, 0) is 37.5 Å². The van der Waals surface area contributed by atoms with Crippen LogP contribution in [0.5, 0.6) is 0 Å². The summed E-state index contributed by atoms with van der Waals surface area (Å²) in [5.41, 5.74) is 4.06. The molecule has 0 atom stereocenters. The molecule has 0 saturated carbocycles. The van der Waals surface area contributed by atoms with Crippen molar-refractivity contribution in [3.63, 3.8) is 0 Å². The summed E-state index contributed by atoms with van der Waals surface area (Å²) in [7, 11) is 0. The van der Waals surface area contributed by atoms with Crippen LogP contribution >= 0.6 is 0 Å². The lowest BCUT2D eigenvalue weighted by atomic mass is 10.0. The summed E-state index contributed by atoms with van der Waals surface area (Å²) < 4.78 is 0. The summed E-state index contributed by atoms with van der Waals surface area (Å²) in [6.45, 7) is 10.4. The van der Waals surface area contributed by atoms with Gasteiger partial charge in [0, 0.05) is 0 Å². The molecule has 1 aromatic rings. The van der Waals surface area contributed by atoms with Crippen molar-refractivity contribution in [1.29, 1.82) is 0 Å². The first-order valence-electron chi connectivity index (χ1n) is 4.94. The Hall–Kier alpha value is -1.04. The third kappa shape index (κ3) is 3.45. The highest BCUT2D eigenvalue weighted by Crippen LogP contribution is 2.16. The molecular weight excluding hydrogens is 156 g/mol. The lowest BCUT2D eigenvalue weighted by Gasteiger charge is -2.03. The fourth-order valence-electron chi connectivity index (χ4n) is 1.17. The predicted octanol–water partition coefficient (Wildman–Crippen LogP) is 4.44. The molecule has 0 heteroatoms. The Morgan fingerprint density at radius 3 is 2.15 bits per heavy atom. The number of aryl methyl sites for hydroxylation is 1. The summed E-state index contributed by atoms with van der Waals surface area (Å²) in [5.74, 6) is 0. The van der Waals surface area contributed by atoms with Gasteiger partial charge in [-0.25, -0.2) is 0 Å². The van der Waals surface area contributed by atoms with E-state index >= 15 is 0 Å². The minimum atomic E-state index is 1.35. The maximum atomic E-state index is 2.16. The Labute approximate surface area is 82.3 Å². The van der Waals surface area contributed by atoms with Crippen molar-refractivity contribution >= 4 is 5.57 Å². The normalized spacial score (nSPS) is 10.4. The molecule has 0 amide bonds. The molecule has 0 aliphatic carbocycles. The van der Waals surface area contributed by atoms with Crippen molar-refractivity contribution in [2.24, 2.45) is 0 Å². The molecule has 0 bridgehead atoms. The molecule has 0 saturated heterocycles. The van der Waals surface area contributed by atoms with E-state index < -0.39 is 0 Å². The largest absolute Gasteiger partial charge is 0.0841 e. The highest BCUT2D eigenvalue weighted by Gasteiger charge is 1.95. The van der Waals surface area contributed by atoms with Gasteiger partial charge in [0.25, 0.3) is 0 Å². The van der Waals surface area contributed by atoms with Gasteiger partial charge in [0.2, 0.25) is 0 Å². The third-order valence-corrected chi connectivity index (χ3v) is 2.00. The van der Waals surface area contributed by atoms with Gasteiger partial charge in [0.15, 0.2) is 0 Å². The van der Waals surface area contributed by atoms with E-state index in [1.54, 1.807) is 0 Å². The van der Waals surface area contributed by atoms with Crippen molar-refractivity contribution in [2.75, 3.05) is 0 Å². The number of allylic oxidation sites excluding steroid dienone is 2. The van der Waals surface area contributed by atoms with E-state index in [-0.39, 0.29) is 0 Å². The lowest BCUT2D eigenvalue weighted by Crippen LogP contribution is -1.83. The van der Waals surface area contributed by atoms with Crippen LogP contribution in [-0.2, 0) is 0 Å². The number of hydrogen-bond donors (Lipinski definition) is 0. The summed E-state index contributed by atoms with van der Waals surface area (Å²) in [6.07, 6.45) is 2.14. The summed E-state index contributed by atoms with van der Waals surface area (Å²) in [4.78, 5) is 0. The fraction of sp³-hybridized carbons (Fsp3) is 0.385. The van der Waals surface area contributed by atoms with E-state index in [0.29, 0.717) is 0 Å². The molecular formula is C13H20. The smallest absolute Gasteiger partial charge is 0.0201 e. The molecule has 0 heterocycles. The molecule has 0 spiro atoms. The highest BCUT2D eigenvalue weighted by molar-refractivity contribution is 5.65. The summed E-state index contributed by atoms with van der Waals surface area (Å²) in [5, 5.41) is 0. The van der Waals surface area contributed by atoms with Gasteiger partial charge >= 0.3 is 0 Å². The molecule has 0 aliphatic rings. The molecule has 0 nitrogen and oxygen atoms in total. The average Bonchev–Trinajstić information content (AvgIpc) is 2.20. The van der Waals surface area contributed by atoms with Crippen LogP contribution in [0.3, 0.4) is 0 Å². The zero-order valence-corrected chi connectivity index (χ0v) is 9.39. The van der Waals surface area contributed by atoms with Crippen molar-refractivity contribution in [3.05, 3.63) is 41.5 Å². The van der Waals surface area contributed by atoms with E-state index in [1.165, 1.54) is 16.7 Å². The Bertz CT molecular complexity index is 269. The predicted molar refractivity (Wildman–Crippen MR) is 61.9 cm³/mol. The molecule has 0 unspecified atom stereocenters. The molecule has 13 heavy (non-hydrogen) atoms. The van der Waals surface area contributed by atoms with Crippen LogP contribution in [0, 0.1) is 6.92 Å². The van der Waals surface area contributed by atoms with Gasteiger partial charge in [-0.2, -0.15) is 0 Å². The quantitative estimate of drug-likeness (QED) is 0.593. The molecule has 1 rings (SSSR count). The topological polar surface area (TPSA) is 0 Å². The summed E-state index contributed by atoms with van der Waals surface area (Å²) >= 11 is 0. The second kappa shape index (κ2) is 6.47. The average molecular weight is 176 g/mol. The minimum Gasteiger partial charge on any atom is -0.0841 e. The second-order valence-corrected chi connectivity index (χ2v) is 2.79. The molecule has 0 aliphatic heterocycles. The van der Waals surface area contributed by atoms with Gasteiger partial charge in [0.05, 0.1) is 0 Å². The number of hydrogen-bond acceptors (Lipinski definition) is 0. The molecule has 0 N–H and O–H groups in total. The van der Waals surface area contributed by atoms with Crippen LogP contribution in [0.1, 0.15) is 38.8 Å². The van der Waals surface area contributed by atoms with Crippen LogP contribution in [0.15, 0.2) is 30.3 Å². The van der Waals surface area contributed by atoms with Gasteiger partial charge < -0.3 is 0 Å². The highest BCUT2D eigenvalue weighted by atomic mass is 14.0. The Morgan fingerprint density at radius 1 is 1.15 bits per heavy atom.